The fourth-order valence-corrected chi connectivity index (χ4v) is 4.09. The van der Waals surface area contributed by atoms with Crippen LogP contribution in [-0.2, 0) is 4.74 Å². The molecule has 2 aliphatic carbocycles. The topological polar surface area (TPSA) is 12.5 Å². The molecule has 3 rings (SSSR count). The normalized spacial score (nSPS) is 55.3. The molecule has 80 valence electrons. The predicted octanol–water partition coefficient (Wildman–Crippen LogP) is 3.24. The van der Waals surface area contributed by atoms with Crippen molar-refractivity contribution in [1.82, 2.24) is 0 Å². The smallest absolute Gasteiger partial charge is 0.0872 e. The van der Waals surface area contributed by atoms with Gasteiger partial charge in [-0.2, -0.15) is 0 Å². The van der Waals surface area contributed by atoms with E-state index in [1.54, 1.807) is 0 Å². The first-order chi connectivity index (χ1) is 6.79. The highest BCUT2D eigenvalue weighted by Gasteiger charge is 2.57. The number of rotatable bonds is 2. The van der Waals surface area contributed by atoms with Gasteiger partial charge in [0.1, 0.15) is 0 Å². The van der Waals surface area contributed by atoms with Crippen molar-refractivity contribution >= 4 is 0 Å². The van der Waals surface area contributed by atoms with E-state index in [4.69, 9.17) is 4.74 Å². The summed E-state index contributed by atoms with van der Waals surface area (Å²) < 4.78 is 5.68. The second-order valence-corrected chi connectivity index (χ2v) is 5.80. The highest BCUT2D eigenvalue weighted by atomic mass is 16.6. The average Bonchev–Trinajstić information content (AvgIpc) is 2.83. The lowest BCUT2D eigenvalue weighted by Crippen LogP contribution is -2.30. The minimum absolute atomic E-state index is 0.692. The van der Waals surface area contributed by atoms with Gasteiger partial charge in [0.15, 0.2) is 0 Å². The van der Waals surface area contributed by atoms with Crippen LogP contribution in [0.3, 0.4) is 0 Å². The van der Waals surface area contributed by atoms with Crippen LogP contribution in [0.2, 0.25) is 0 Å². The lowest BCUT2D eigenvalue weighted by atomic mass is 9.68. The Balaban J connectivity index is 1.67. The molecule has 6 atom stereocenters. The Hall–Kier alpha value is -0.0400. The highest BCUT2D eigenvalue weighted by molar-refractivity contribution is 5.05. The first kappa shape index (κ1) is 9.21. The molecular formula is C13H22O. The molecule has 3 fully saturated rings. The van der Waals surface area contributed by atoms with Gasteiger partial charge in [0.05, 0.1) is 12.2 Å². The van der Waals surface area contributed by atoms with Gasteiger partial charge in [-0.1, -0.05) is 26.7 Å². The third-order valence-electron chi connectivity index (χ3n) is 4.90. The maximum Gasteiger partial charge on any atom is 0.0872 e. The van der Waals surface area contributed by atoms with Crippen LogP contribution >= 0.6 is 0 Å². The Morgan fingerprint density at radius 2 is 2.07 bits per heavy atom. The van der Waals surface area contributed by atoms with Crippen molar-refractivity contribution in [3.8, 4) is 0 Å². The minimum Gasteiger partial charge on any atom is -0.369 e. The van der Waals surface area contributed by atoms with E-state index >= 15 is 0 Å². The predicted molar refractivity (Wildman–Crippen MR) is 57.1 cm³/mol. The van der Waals surface area contributed by atoms with E-state index in [0.717, 1.165) is 23.7 Å². The molecule has 0 N–H and O–H groups in total. The van der Waals surface area contributed by atoms with Crippen LogP contribution in [0, 0.1) is 23.7 Å². The molecule has 0 amide bonds. The zero-order chi connectivity index (χ0) is 9.71. The molecule has 0 aromatic carbocycles. The fraction of sp³-hybridized carbons (Fsp3) is 1.00. The van der Waals surface area contributed by atoms with Gasteiger partial charge in [-0.15, -0.1) is 0 Å². The monoisotopic (exact) mass is 194 g/mol. The zero-order valence-electron chi connectivity index (χ0n) is 9.41. The Kier molecular flexibility index (Phi) is 2.12. The minimum atomic E-state index is 0.692. The van der Waals surface area contributed by atoms with Crippen molar-refractivity contribution in [3.05, 3.63) is 0 Å². The summed E-state index contributed by atoms with van der Waals surface area (Å²) in [6.45, 7) is 4.80. The van der Waals surface area contributed by atoms with E-state index < -0.39 is 0 Å². The first-order valence-electron chi connectivity index (χ1n) is 6.45. The van der Waals surface area contributed by atoms with Crippen molar-refractivity contribution in [2.24, 2.45) is 23.7 Å². The molecular weight excluding hydrogens is 172 g/mol. The Morgan fingerprint density at radius 3 is 2.86 bits per heavy atom. The molecule has 2 saturated carbocycles. The van der Waals surface area contributed by atoms with Crippen LogP contribution in [0.5, 0.6) is 0 Å². The largest absolute Gasteiger partial charge is 0.369 e. The molecule has 3 aliphatic rings. The van der Waals surface area contributed by atoms with Gasteiger partial charge < -0.3 is 4.74 Å². The second kappa shape index (κ2) is 3.23. The van der Waals surface area contributed by atoms with Crippen LogP contribution in [0.4, 0.5) is 0 Å². The standard InChI is InChI=1S/C13H22O/c1-3-4-9-6-11-10(5-8(9)2)7-12-13(11)14-12/h8-13H,3-7H2,1-2H3. The fourth-order valence-electron chi connectivity index (χ4n) is 4.09. The maximum atomic E-state index is 5.68. The lowest BCUT2D eigenvalue weighted by Gasteiger charge is -2.37. The van der Waals surface area contributed by atoms with Crippen LogP contribution in [0.25, 0.3) is 0 Å². The van der Waals surface area contributed by atoms with Gasteiger partial charge in [-0.05, 0) is 42.9 Å². The summed E-state index contributed by atoms with van der Waals surface area (Å²) in [6.07, 6.45) is 8.55. The number of hydrogen-bond donors (Lipinski definition) is 0. The van der Waals surface area contributed by atoms with E-state index in [9.17, 15) is 0 Å². The van der Waals surface area contributed by atoms with Crippen molar-refractivity contribution in [1.29, 1.82) is 0 Å². The zero-order valence-corrected chi connectivity index (χ0v) is 9.41. The van der Waals surface area contributed by atoms with Gasteiger partial charge in [-0.3, -0.25) is 0 Å². The summed E-state index contributed by atoms with van der Waals surface area (Å²) in [5, 5.41) is 0. The van der Waals surface area contributed by atoms with Gasteiger partial charge in [0, 0.05) is 0 Å². The van der Waals surface area contributed by atoms with Gasteiger partial charge >= 0.3 is 0 Å². The summed E-state index contributed by atoms with van der Waals surface area (Å²) >= 11 is 0. The molecule has 6 unspecified atom stereocenters. The summed E-state index contributed by atoms with van der Waals surface area (Å²) in [7, 11) is 0. The lowest BCUT2D eigenvalue weighted by molar-refractivity contribution is 0.0824. The molecule has 14 heavy (non-hydrogen) atoms. The molecule has 1 heterocycles. The molecule has 1 heteroatoms. The molecule has 1 aliphatic heterocycles. The second-order valence-electron chi connectivity index (χ2n) is 5.80. The van der Waals surface area contributed by atoms with Crippen LogP contribution in [0.1, 0.15) is 46.0 Å². The van der Waals surface area contributed by atoms with Gasteiger partial charge in [0.2, 0.25) is 0 Å². The molecule has 0 radical (unpaired) electrons. The number of epoxide rings is 1. The van der Waals surface area contributed by atoms with Gasteiger partial charge in [0.25, 0.3) is 0 Å². The Bertz CT molecular complexity index is 225. The molecule has 0 spiro atoms. The number of ether oxygens (including phenoxy) is 1. The van der Waals surface area contributed by atoms with E-state index in [-0.39, 0.29) is 0 Å². The van der Waals surface area contributed by atoms with Crippen molar-refractivity contribution in [2.45, 2.75) is 58.2 Å². The van der Waals surface area contributed by atoms with Crippen molar-refractivity contribution < 1.29 is 4.74 Å². The van der Waals surface area contributed by atoms with E-state index in [2.05, 4.69) is 13.8 Å². The number of hydrogen-bond acceptors (Lipinski definition) is 1. The highest BCUT2D eigenvalue weighted by Crippen LogP contribution is 2.55. The van der Waals surface area contributed by atoms with E-state index in [1.807, 2.05) is 0 Å². The first-order valence-corrected chi connectivity index (χ1v) is 6.45. The van der Waals surface area contributed by atoms with Crippen molar-refractivity contribution in [2.75, 3.05) is 0 Å². The van der Waals surface area contributed by atoms with Crippen LogP contribution < -0.4 is 0 Å². The molecule has 1 nitrogen and oxygen atoms in total. The van der Waals surface area contributed by atoms with Crippen molar-refractivity contribution in [3.63, 3.8) is 0 Å². The Morgan fingerprint density at radius 1 is 1.21 bits per heavy atom. The molecule has 0 aromatic heterocycles. The SMILES string of the molecule is CCCC1CC2C(CC1C)CC1OC12. The molecule has 0 aromatic rings. The van der Waals surface area contributed by atoms with Crippen LogP contribution in [-0.4, -0.2) is 12.2 Å². The summed E-state index contributed by atoms with van der Waals surface area (Å²) in [4.78, 5) is 0. The van der Waals surface area contributed by atoms with Crippen LogP contribution in [0.15, 0.2) is 0 Å². The number of fused-ring (bicyclic) bond motifs is 3. The van der Waals surface area contributed by atoms with Gasteiger partial charge in [-0.25, -0.2) is 0 Å². The average molecular weight is 194 g/mol. The quantitative estimate of drug-likeness (QED) is 0.615. The third-order valence-corrected chi connectivity index (χ3v) is 4.90. The maximum absolute atomic E-state index is 5.68. The summed E-state index contributed by atoms with van der Waals surface area (Å²) in [6, 6.07) is 0. The summed E-state index contributed by atoms with van der Waals surface area (Å²) in [5.41, 5.74) is 0. The van der Waals surface area contributed by atoms with E-state index in [1.165, 1.54) is 32.1 Å². The van der Waals surface area contributed by atoms with E-state index in [0.29, 0.717) is 12.2 Å². The molecule has 0 bridgehead atoms. The Labute approximate surface area is 87.2 Å². The summed E-state index contributed by atoms with van der Waals surface area (Å²) in [5.74, 6) is 3.97. The third kappa shape index (κ3) is 1.32. The molecule has 1 saturated heterocycles.